The highest BCUT2D eigenvalue weighted by molar-refractivity contribution is 5.39. The van der Waals surface area contributed by atoms with Gasteiger partial charge < -0.3 is 14.4 Å². The van der Waals surface area contributed by atoms with Crippen LogP contribution in [0.1, 0.15) is 30.9 Å². The highest BCUT2D eigenvalue weighted by Crippen LogP contribution is 2.23. The van der Waals surface area contributed by atoms with E-state index in [4.69, 9.17) is 9.47 Å². The van der Waals surface area contributed by atoms with Gasteiger partial charge in [-0.3, -0.25) is 0 Å². The van der Waals surface area contributed by atoms with Gasteiger partial charge >= 0.3 is 0 Å². The van der Waals surface area contributed by atoms with Gasteiger partial charge in [-0.15, -0.1) is 0 Å². The minimum absolute atomic E-state index is 0.885. The Morgan fingerprint density at radius 1 is 0.913 bits per heavy atom. The number of ether oxygens (including phenoxy) is 2. The van der Waals surface area contributed by atoms with Crippen molar-refractivity contribution >= 4 is 0 Å². The molecule has 1 unspecified atom stereocenters. The van der Waals surface area contributed by atoms with E-state index < -0.39 is 0 Å². The summed E-state index contributed by atoms with van der Waals surface area (Å²) in [6.45, 7) is 5.37. The van der Waals surface area contributed by atoms with E-state index in [0.717, 1.165) is 31.1 Å². The molecule has 1 atom stereocenters. The average Bonchev–Trinajstić information content (AvgIpc) is 2.60. The smallest absolute Gasteiger partial charge is 0.127 e. The summed E-state index contributed by atoms with van der Waals surface area (Å²) < 4.78 is 10.9. The van der Waals surface area contributed by atoms with E-state index in [-0.39, 0.29) is 0 Å². The molecule has 23 heavy (non-hydrogen) atoms. The van der Waals surface area contributed by atoms with Gasteiger partial charge in [0.2, 0.25) is 0 Å². The Hall–Kier alpha value is -2.00. The van der Waals surface area contributed by atoms with Gasteiger partial charge in [0.05, 0.1) is 26.3 Å². The van der Waals surface area contributed by atoms with Gasteiger partial charge in [-0.1, -0.05) is 43.7 Å². The van der Waals surface area contributed by atoms with Crippen LogP contribution in [0.2, 0.25) is 0 Å². The number of unbranched alkanes of at least 4 members (excludes halogenated alkanes) is 1. The summed E-state index contributed by atoms with van der Waals surface area (Å²) in [5.41, 5.74) is 2.58. The second kappa shape index (κ2) is 9.21. The Kier molecular flexibility index (Phi) is 6.95. The zero-order valence-corrected chi connectivity index (χ0v) is 14.5. The van der Waals surface area contributed by atoms with Crippen molar-refractivity contribution in [1.82, 2.24) is 0 Å². The van der Waals surface area contributed by atoms with Crippen molar-refractivity contribution in [2.24, 2.45) is 0 Å². The number of nitrogens with one attached hydrogen (secondary N) is 1. The number of hydrogen-bond acceptors (Lipinski definition) is 2. The lowest BCUT2D eigenvalue weighted by Gasteiger charge is -2.21. The average molecular weight is 314 g/mol. The predicted molar refractivity (Wildman–Crippen MR) is 94.1 cm³/mol. The molecule has 0 aliphatic heterocycles. The standard InChI is InChI=1S/C20H27NO2/c1-4-5-13-21(15-17-9-7-6-8-10-17)16-18-14-19(22-2)11-12-20(18)23-3/h6-12,14H,4-5,13,15-16H2,1-3H3/p+1. The van der Waals surface area contributed by atoms with Crippen LogP contribution in [0.3, 0.4) is 0 Å². The molecular weight excluding hydrogens is 286 g/mol. The van der Waals surface area contributed by atoms with Gasteiger partial charge in [-0.05, 0) is 24.6 Å². The summed E-state index contributed by atoms with van der Waals surface area (Å²) in [6.07, 6.45) is 2.45. The van der Waals surface area contributed by atoms with Gasteiger partial charge in [0.1, 0.15) is 24.6 Å². The zero-order chi connectivity index (χ0) is 16.5. The molecule has 0 aliphatic rings. The third-order valence-electron chi connectivity index (χ3n) is 4.11. The minimum atomic E-state index is 0.885. The molecule has 3 heteroatoms. The maximum absolute atomic E-state index is 5.53. The fourth-order valence-corrected chi connectivity index (χ4v) is 2.84. The van der Waals surface area contributed by atoms with Crippen molar-refractivity contribution in [3.8, 4) is 11.5 Å². The largest absolute Gasteiger partial charge is 0.497 e. The Morgan fingerprint density at radius 3 is 2.35 bits per heavy atom. The van der Waals surface area contributed by atoms with Crippen molar-refractivity contribution in [2.45, 2.75) is 32.9 Å². The molecule has 0 aromatic heterocycles. The molecular formula is C20H28NO2+. The number of benzene rings is 2. The highest BCUT2D eigenvalue weighted by Gasteiger charge is 2.14. The van der Waals surface area contributed by atoms with E-state index in [1.54, 1.807) is 19.1 Å². The lowest BCUT2D eigenvalue weighted by atomic mass is 10.1. The summed E-state index contributed by atoms with van der Waals surface area (Å²) in [7, 11) is 3.44. The quantitative estimate of drug-likeness (QED) is 0.768. The monoisotopic (exact) mass is 314 g/mol. The molecule has 124 valence electrons. The molecule has 0 heterocycles. The number of quaternary nitrogens is 1. The van der Waals surface area contributed by atoms with Crippen LogP contribution in [0.4, 0.5) is 0 Å². The van der Waals surface area contributed by atoms with Gasteiger partial charge in [-0.25, -0.2) is 0 Å². The first-order valence-corrected chi connectivity index (χ1v) is 8.35. The van der Waals surface area contributed by atoms with Crippen LogP contribution in [0.15, 0.2) is 48.5 Å². The molecule has 0 fully saturated rings. The van der Waals surface area contributed by atoms with Crippen LogP contribution in [0.5, 0.6) is 11.5 Å². The van der Waals surface area contributed by atoms with Crippen LogP contribution < -0.4 is 14.4 Å². The number of methoxy groups -OCH3 is 2. The lowest BCUT2D eigenvalue weighted by Crippen LogP contribution is -3.09. The SMILES string of the molecule is CCCC[NH+](Cc1ccccc1)Cc1cc(OC)ccc1OC. The first-order chi connectivity index (χ1) is 11.3. The van der Waals surface area contributed by atoms with Gasteiger partial charge in [0.15, 0.2) is 0 Å². The van der Waals surface area contributed by atoms with Gasteiger partial charge in [-0.2, -0.15) is 0 Å². The second-order valence-corrected chi connectivity index (χ2v) is 5.87. The van der Waals surface area contributed by atoms with Crippen molar-refractivity contribution in [2.75, 3.05) is 20.8 Å². The van der Waals surface area contributed by atoms with E-state index >= 15 is 0 Å². The molecule has 0 radical (unpaired) electrons. The molecule has 0 bridgehead atoms. The maximum atomic E-state index is 5.53. The zero-order valence-electron chi connectivity index (χ0n) is 14.5. The fourth-order valence-electron chi connectivity index (χ4n) is 2.84. The lowest BCUT2D eigenvalue weighted by molar-refractivity contribution is -0.927. The third kappa shape index (κ3) is 5.29. The third-order valence-corrected chi connectivity index (χ3v) is 4.11. The summed E-state index contributed by atoms with van der Waals surface area (Å²) in [5.74, 6) is 1.82. The van der Waals surface area contributed by atoms with E-state index in [1.807, 2.05) is 12.1 Å². The molecule has 0 saturated carbocycles. The van der Waals surface area contributed by atoms with Crippen molar-refractivity contribution in [3.05, 3.63) is 59.7 Å². The molecule has 2 rings (SSSR count). The topological polar surface area (TPSA) is 22.9 Å². The van der Waals surface area contributed by atoms with E-state index in [1.165, 1.54) is 24.0 Å². The highest BCUT2D eigenvalue weighted by atomic mass is 16.5. The molecule has 0 amide bonds. The number of rotatable bonds is 9. The van der Waals surface area contributed by atoms with Crippen LogP contribution in [0, 0.1) is 0 Å². The fraction of sp³-hybridized carbons (Fsp3) is 0.400. The van der Waals surface area contributed by atoms with E-state index in [2.05, 4.69) is 43.3 Å². The molecule has 0 spiro atoms. The van der Waals surface area contributed by atoms with Crippen LogP contribution >= 0.6 is 0 Å². The predicted octanol–water partition coefficient (Wildman–Crippen LogP) is 3.09. The molecule has 2 aromatic rings. The van der Waals surface area contributed by atoms with Crippen LogP contribution in [-0.4, -0.2) is 20.8 Å². The van der Waals surface area contributed by atoms with Crippen molar-refractivity contribution < 1.29 is 14.4 Å². The minimum Gasteiger partial charge on any atom is -0.497 e. The molecule has 3 nitrogen and oxygen atoms in total. The van der Waals surface area contributed by atoms with Gasteiger partial charge in [0.25, 0.3) is 0 Å². The summed E-state index contributed by atoms with van der Waals surface area (Å²) in [6, 6.07) is 16.7. The van der Waals surface area contributed by atoms with Crippen molar-refractivity contribution in [3.63, 3.8) is 0 Å². The maximum Gasteiger partial charge on any atom is 0.127 e. The van der Waals surface area contributed by atoms with Crippen LogP contribution in [0.25, 0.3) is 0 Å². The Morgan fingerprint density at radius 2 is 1.70 bits per heavy atom. The Bertz CT molecular complexity index is 583. The molecule has 1 N–H and O–H groups in total. The molecule has 0 aliphatic carbocycles. The summed E-state index contributed by atoms with van der Waals surface area (Å²) in [5, 5.41) is 0. The van der Waals surface area contributed by atoms with Crippen LogP contribution in [-0.2, 0) is 13.1 Å². The number of hydrogen-bond donors (Lipinski definition) is 1. The van der Waals surface area contributed by atoms with Gasteiger partial charge in [0, 0.05) is 5.56 Å². The summed E-state index contributed by atoms with van der Waals surface area (Å²) in [4.78, 5) is 1.55. The first-order valence-electron chi connectivity index (χ1n) is 8.35. The molecule has 0 saturated heterocycles. The second-order valence-electron chi connectivity index (χ2n) is 5.87. The van der Waals surface area contributed by atoms with E-state index in [9.17, 15) is 0 Å². The molecule has 2 aromatic carbocycles. The van der Waals surface area contributed by atoms with Crippen molar-refractivity contribution in [1.29, 1.82) is 0 Å². The Balaban J connectivity index is 2.16. The first kappa shape index (κ1) is 17.4. The normalized spacial score (nSPS) is 12.0. The Labute approximate surface area is 139 Å². The summed E-state index contributed by atoms with van der Waals surface area (Å²) >= 11 is 0. The van der Waals surface area contributed by atoms with E-state index in [0.29, 0.717) is 0 Å².